The fourth-order valence-electron chi connectivity index (χ4n) is 0.546. The molecule has 11 heavy (non-hydrogen) atoms. The van der Waals surface area contributed by atoms with Crippen LogP contribution in [0.2, 0.25) is 0 Å². The van der Waals surface area contributed by atoms with E-state index < -0.39 is 0 Å². The van der Waals surface area contributed by atoms with Gasteiger partial charge in [0.25, 0.3) is 0 Å². The van der Waals surface area contributed by atoms with E-state index >= 15 is 0 Å². The van der Waals surface area contributed by atoms with Crippen molar-refractivity contribution in [1.29, 1.82) is 0 Å². The molecule has 0 spiro atoms. The molecule has 0 aromatic heterocycles. The highest BCUT2D eigenvalue weighted by Gasteiger charge is 1.97. The third-order valence-corrected chi connectivity index (χ3v) is 1.10. The van der Waals surface area contributed by atoms with Crippen LogP contribution in [0, 0.1) is 0 Å². The fraction of sp³-hybridized carbons (Fsp3) is 0.667. The SMILES string of the molecule is CC/C=C/C(=O)COC(C)C. The van der Waals surface area contributed by atoms with Gasteiger partial charge in [-0.25, -0.2) is 0 Å². The lowest BCUT2D eigenvalue weighted by Crippen LogP contribution is -2.10. The lowest BCUT2D eigenvalue weighted by molar-refractivity contribution is -0.120. The summed E-state index contributed by atoms with van der Waals surface area (Å²) in [4.78, 5) is 10.9. The molecule has 0 rings (SSSR count). The molecule has 0 amide bonds. The number of allylic oxidation sites excluding steroid dienone is 1. The van der Waals surface area contributed by atoms with Crippen molar-refractivity contribution in [1.82, 2.24) is 0 Å². The quantitative estimate of drug-likeness (QED) is 0.569. The number of carbonyl (C=O) groups is 1. The van der Waals surface area contributed by atoms with Crippen molar-refractivity contribution in [2.75, 3.05) is 6.61 Å². The molecule has 64 valence electrons. The van der Waals surface area contributed by atoms with Crippen molar-refractivity contribution >= 4 is 5.78 Å². The number of ketones is 1. The van der Waals surface area contributed by atoms with Crippen molar-refractivity contribution in [3.63, 3.8) is 0 Å². The highest BCUT2D eigenvalue weighted by atomic mass is 16.5. The largest absolute Gasteiger partial charge is 0.371 e. The molecule has 0 aliphatic rings. The fourth-order valence-corrected chi connectivity index (χ4v) is 0.546. The molecule has 0 aromatic carbocycles. The van der Waals surface area contributed by atoms with Gasteiger partial charge in [-0.2, -0.15) is 0 Å². The molecule has 0 heterocycles. The minimum absolute atomic E-state index is 0.0422. The Morgan fingerprint density at radius 1 is 1.55 bits per heavy atom. The van der Waals surface area contributed by atoms with Crippen LogP contribution in [0.4, 0.5) is 0 Å². The van der Waals surface area contributed by atoms with Crippen LogP contribution >= 0.6 is 0 Å². The summed E-state index contributed by atoms with van der Waals surface area (Å²) in [6.45, 7) is 6.02. The van der Waals surface area contributed by atoms with Gasteiger partial charge >= 0.3 is 0 Å². The first-order valence-electron chi connectivity index (χ1n) is 3.97. The lowest BCUT2D eigenvalue weighted by atomic mass is 10.3. The van der Waals surface area contributed by atoms with E-state index in [1.165, 1.54) is 0 Å². The van der Waals surface area contributed by atoms with Crippen LogP contribution < -0.4 is 0 Å². The average molecular weight is 156 g/mol. The Kier molecular flexibility index (Phi) is 5.75. The smallest absolute Gasteiger partial charge is 0.180 e. The van der Waals surface area contributed by atoms with E-state index in [4.69, 9.17) is 4.74 Å². The Morgan fingerprint density at radius 3 is 2.64 bits per heavy atom. The van der Waals surface area contributed by atoms with E-state index in [9.17, 15) is 4.79 Å². The summed E-state index contributed by atoms with van der Waals surface area (Å²) in [6.07, 6.45) is 4.44. The third-order valence-electron chi connectivity index (χ3n) is 1.10. The molecule has 2 nitrogen and oxygen atoms in total. The van der Waals surface area contributed by atoms with Crippen LogP contribution in [0.25, 0.3) is 0 Å². The van der Waals surface area contributed by atoms with E-state index in [1.54, 1.807) is 6.08 Å². The predicted octanol–water partition coefficient (Wildman–Crippen LogP) is 1.95. The Labute approximate surface area is 68.2 Å². The van der Waals surface area contributed by atoms with Crippen LogP contribution in [0.1, 0.15) is 27.2 Å². The van der Waals surface area contributed by atoms with Crippen molar-refractivity contribution in [3.8, 4) is 0 Å². The molecular formula is C9H16O2. The van der Waals surface area contributed by atoms with E-state index in [2.05, 4.69) is 0 Å². The summed E-state index contributed by atoms with van der Waals surface area (Å²) in [7, 11) is 0. The zero-order valence-corrected chi connectivity index (χ0v) is 7.46. The number of rotatable bonds is 5. The summed E-state index contributed by atoms with van der Waals surface area (Å²) in [5, 5.41) is 0. The molecule has 0 N–H and O–H groups in total. The van der Waals surface area contributed by atoms with Crippen LogP contribution in [-0.4, -0.2) is 18.5 Å². The summed E-state index contributed by atoms with van der Waals surface area (Å²) in [5.74, 6) is 0.0422. The van der Waals surface area contributed by atoms with E-state index in [-0.39, 0.29) is 18.5 Å². The number of carbonyl (C=O) groups excluding carboxylic acids is 1. The zero-order chi connectivity index (χ0) is 8.69. The van der Waals surface area contributed by atoms with Gasteiger partial charge in [-0.3, -0.25) is 4.79 Å². The first-order valence-corrected chi connectivity index (χ1v) is 3.97. The molecule has 0 unspecified atom stereocenters. The second-order valence-electron chi connectivity index (χ2n) is 2.64. The molecule has 0 saturated carbocycles. The lowest BCUT2D eigenvalue weighted by Gasteiger charge is -2.03. The Hall–Kier alpha value is -0.630. The molecule has 0 saturated heterocycles. The maximum absolute atomic E-state index is 10.9. The number of hydrogen-bond acceptors (Lipinski definition) is 2. The van der Waals surface area contributed by atoms with Gasteiger partial charge in [-0.05, 0) is 26.3 Å². The first kappa shape index (κ1) is 10.4. The van der Waals surface area contributed by atoms with Crippen LogP contribution in [0.15, 0.2) is 12.2 Å². The topological polar surface area (TPSA) is 26.3 Å². The van der Waals surface area contributed by atoms with E-state index in [1.807, 2.05) is 26.8 Å². The van der Waals surface area contributed by atoms with E-state index in [0.29, 0.717) is 0 Å². The minimum Gasteiger partial charge on any atom is -0.371 e. The van der Waals surface area contributed by atoms with Gasteiger partial charge < -0.3 is 4.74 Å². The molecule has 0 aliphatic heterocycles. The summed E-state index contributed by atoms with van der Waals surface area (Å²) < 4.78 is 5.10. The van der Waals surface area contributed by atoms with Crippen molar-refractivity contribution in [3.05, 3.63) is 12.2 Å². The van der Waals surface area contributed by atoms with Gasteiger partial charge in [0.05, 0.1) is 6.10 Å². The third kappa shape index (κ3) is 7.26. The van der Waals surface area contributed by atoms with Gasteiger partial charge in [0, 0.05) is 0 Å². The molecule has 2 heteroatoms. The van der Waals surface area contributed by atoms with E-state index in [0.717, 1.165) is 6.42 Å². The normalized spacial score (nSPS) is 11.3. The number of ether oxygens (including phenoxy) is 1. The highest BCUT2D eigenvalue weighted by Crippen LogP contribution is 1.89. The predicted molar refractivity (Wildman–Crippen MR) is 45.5 cm³/mol. The molecule has 0 bridgehead atoms. The Bertz CT molecular complexity index is 136. The molecule has 0 aromatic rings. The molecule has 0 fully saturated rings. The second kappa shape index (κ2) is 6.10. The van der Waals surface area contributed by atoms with Crippen LogP contribution in [0.3, 0.4) is 0 Å². The minimum atomic E-state index is 0.0422. The average Bonchev–Trinajstić information content (AvgIpc) is 1.97. The Morgan fingerprint density at radius 2 is 2.18 bits per heavy atom. The number of hydrogen-bond donors (Lipinski definition) is 0. The monoisotopic (exact) mass is 156 g/mol. The molecular weight excluding hydrogens is 140 g/mol. The molecule has 0 radical (unpaired) electrons. The summed E-state index contributed by atoms with van der Waals surface area (Å²) in [5.41, 5.74) is 0. The van der Waals surface area contributed by atoms with Crippen LogP contribution in [-0.2, 0) is 9.53 Å². The van der Waals surface area contributed by atoms with Gasteiger partial charge in [-0.1, -0.05) is 13.0 Å². The highest BCUT2D eigenvalue weighted by molar-refractivity contribution is 5.90. The molecule has 0 aliphatic carbocycles. The Balaban J connectivity index is 3.45. The van der Waals surface area contributed by atoms with Gasteiger partial charge in [0.15, 0.2) is 5.78 Å². The standard InChI is InChI=1S/C9H16O2/c1-4-5-6-9(10)7-11-8(2)3/h5-6,8H,4,7H2,1-3H3/b6-5+. The zero-order valence-electron chi connectivity index (χ0n) is 7.46. The van der Waals surface area contributed by atoms with Crippen LogP contribution in [0.5, 0.6) is 0 Å². The first-order chi connectivity index (χ1) is 5.16. The molecule has 0 atom stereocenters. The van der Waals surface area contributed by atoms with Gasteiger partial charge in [0.1, 0.15) is 6.61 Å². The van der Waals surface area contributed by atoms with Gasteiger partial charge in [-0.15, -0.1) is 0 Å². The van der Waals surface area contributed by atoms with Crippen molar-refractivity contribution in [2.24, 2.45) is 0 Å². The van der Waals surface area contributed by atoms with Crippen molar-refractivity contribution < 1.29 is 9.53 Å². The summed E-state index contributed by atoms with van der Waals surface area (Å²) in [6, 6.07) is 0. The summed E-state index contributed by atoms with van der Waals surface area (Å²) >= 11 is 0. The van der Waals surface area contributed by atoms with Gasteiger partial charge in [0.2, 0.25) is 0 Å². The van der Waals surface area contributed by atoms with Crippen molar-refractivity contribution in [2.45, 2.75) is 33.3 Å². The maximum atomic E-state index is 10.9. The maximum Gasteiger partial charge on any atom is 0.180 e. The second-order valence-corrected chi connectivity index (χ2v) is 2.64.